The first-order valence-corrected chi connectivity index (χ1v) is 9.69. The fourth-order valence-corrected chi connectivity index (χ4v) is 4.10. The van der Waals surface area contributed by atoms with E-state index in [0.29, 0.717) is 38.0 Å². The zero-order chi connectivity index (χ0) is 20.6. The number of rotatable bonds is 5. The summed E-state index contributed by atoms with van der Waals surface area (Å²) in [6.45, 7) is 1.95. The lowest BCUT2D eigenvalue weighted by atomic mass is 9.89. The minimum Gasteiger partial charge on any atom is -0.305 e. The lowest BCUT2D eigenvalue weighted by molar-refractivity contribution is -0.141. The SMILES string of the molecule is Cl.O=C(c1ccc(F)cc1)C1CCN(CCN2C(=O)C(F)(F)c3ccccc32)CC1. The van der Waals surface area contributed by atoms with Gasteiger partial charge in [0.1, 0.15) is 5.82 Å². The highest BCUT2D eigenvalue weighted by molar-refractivity contribution is 6.05. The van der Waals surface area contributed by atoms with Gasteiger partial charge in [-0.25, -0.2) is 4.39 Å². The quantitative estimate of drug-likeness (QED) is 0.654. The minimum absolute atomic E-state index is 0. The van der Waals surface area contributed by atoms with E-state index >= 15 is 0 Å². The van der Waals surface area contributed by atoms with E-state index in [2.05, 4.69) is 4.90 Å². The average Bonchev–Trinajstić information content (AvgIpc) is 2.93. The van der Waals surface area contributed by atoms with E-state index in [-0.39, 0.29) is 47.7 Å². The van der Waals surface area contributed by atoms with Gasteiger partial charge in [0.2, 0.25) is 0 Å². The summed E-state index contributed by atoms with van der Waals surface area (Å²) in [7, 11) is 0. The van der Waals surface area contributed by atoms with Gasteiger partial charge in [-0.1, -0.05) is 18.2 Å². The van der Waals surface area contributed by atoms with Crippen molar-refractivity contribution in [2.45, 2.75) is 18.8 Å². The average molecular weight is 439 g/mol. The molecule has 4 rings (SSSR count). The predicted molar refractivity (Wildman–Crippen MR) is 110 cm³/mol. The maximum atomic E-state index is 14.2. The van der Waals surface area contributed by atoms with Crippen LogP contribution in [0, 0.1) is 11.7 Å². The van der Waals surface area contributed by atoms with Gasteiger partial charge >= 0.3 is 11.8 Å². The summed E-state index contributed by atoms with van der Waals surface area (Å²) in [6, 6.07) is 11.5. The van der Waals surface area contributed by atoms with Crippen LogP contribution in [-0.2, 0) is 10.7 Å². The van der Waals surface area contributed by atoms with Crippen LogP contribution in [0.4, 0.5) is 18.9 Å². The number of likely N-dealkylation sites (tertiary alicyclic amines) is 1. The number of alkyl halides is 2. The second-order valence-electron chi connectivity index (χ2n) is 7.54. The first-order valence-electron chi connectivity index (χ1n) is 9.69. The van der Waals surface area contributed by atoms with Crippen LogP contribution in [0.3, 0.4) is 0 Å². The summed E-state index contributed by atoms with van der Waals surface area (Å²) < 4.78 is 41.4. The van der Waals surface area contributed by atoms with Gasteiger partial charge in [0.05, 0.1) is 11.3 Å². The Morgan fingerprint density at radius 2 is 1.63 bits per heavy atom. The van der Waals surface area contributed by atoms with Crippen molar-refractivity contribution in [2.75, 3.05) is 31.1 Å². The van der Waals surface area contributed by atoms with Gasteiger partial charge in [0.25, 0.3) is 0 Å². The van der Waals surface area contributed by atoms with Gasteiger partial charge in [0.15, 0.2) is 5.78 Å². The van der Waals surface area contributed by atoms with E-state index in [9.17, 15) is 22.8 Å². The number of hydrogen-bond acceptors (Lipinski definition) is 3. The summed E-state index contributed by atoms with van der Waals surface area (Å²) in [6.07, 6.45) is 1.30. The highest BCUT2D eigenvalue weighted by Gasteiger charge is 2.52. The molecule has 2 aromatic carbocycles. The predicted octanol–water partition coefficient (Wildman–Crippen LogP) is 4.28. The highest BCUT2D eigenvalue weighted by Crippen LogP contribution is 2.43. The number of carbonyl (C=O) groups is 2. The second kappa shape index (κ2) is 8.78. The Labute approximate surface area is 179 Å². The Bertz CT molecular complexity index is 928. The molecule has 0 aromatic heterocycles. The number of para-hydroxylation sites is 1. The molecule has 0 spiro atoms. The number of nitrogens with zero attached hydrogens (tertiary/aromatic N) is 2. The number of Topliss-reactive ketones (excluding diaryl/α,β-unsaturated/α-hetero) is 1. The van der Waals surface area contributed by atoms with Crippen LogP contribution < -0.4 is 4.90 Å². The molecule has 0 unspecified atom stereocenters. The van der Waals surface area contributed by atoms with Gasteiger partial charge in [-0.15, -0.1) is 12.4 Å². The molecule has 1 saturated heterocycles. The maximum Gasteiger partial charge on any atom is 0.352 e. The number of halogens is 4. The maximum absolute atomic E-state index is 14.2. The van der Waals surface area contributed by atoms with E-state index in [1.807, 2.05) is 0 Å². The van der Waals surface area contributed by atoms with Crippen molar-refractivity contribution in [1.82, 2.24) is 4.90 Å². The first kappa shape index (κ1) is 22.3. The Hall–Kier alpha value is -2.38. The van der Waals surface area contributed by atoms with Crippen LogP contribution >= 0.6 is 12.4 Å². The summed E-state index contributed by atoms with van der Waals surface area (Å²) >= 11 is 0. The Kier molecular flexibility index (Phi) is 6.53. The fourth-order valence-electron chi connectivity index (χ4n) is 4.10. The number of ketones is 1. The zero-order valence-corrected chi connectivity index (χ0v) is 17.0. The molecular formula is C22H22ClF3N2O2. The third-order valence-corrected chi connectivity index (χ3v) is 5.77. The third kappa shape index (κ3) is 4.09. The van der Waals surface area contributed by atoms with Gasteiger partial charge in [-0.05, 0) is 56.3 Å². The minimum atomic E-state index is -3.48. The molecule has 1 amide bonds. The molecule has 2 aliphatic rings. The lowest BCUT2D eigenvalue weighted by Crippen LogP contribution is -2.43. The number of amides is 1. The molecule has 8 heteroatoms. The van der Waals surface area contributed by atoms with Gasteiger partial charge < -0.3 is 9.80 Å². The second-order valence-corrected chi connectivity index (χ2v) is 7.54. The molecule has 0 bridgehead atoms. The summed E-state index contributed by atoms with van der Waals surface area (Å²) in [5.41, 5.74) is 0.531. The monoisotopic (exact) mass is 438 g/mol. The van der Waals surface area contributed by atoms with Crippen LogP contribution in [0.1, 0.15) is 28.8 Å². The van der Waals surface area contributed by atoms with Crippen LogP contribution in [0.5, 0.6) is 0 Å². The fraction of sp³-hybridized carbons (Fsp3) is 0.364. The molecule has 0 N–H and O–H groups in total. The third-order valence-electron chi connectivity index (χ3n) is 5.77. The van der Waals surface area contributed by atoms with E-state index in [4.69, 9.17) is 0 Å². The Morgan fingerprint density at radius 3 is 2.30 bits per heavy atom. The normalized spacial score (nSPS) is 18.8. The molecule has 0 atom stereocenters. The van der Waals surface area contributed by atoms with Crippen molar-refractivity contribution >= 4 is 29.8 Å². The zero-order valence-electron chi connectivity index (χ0n) is 16.2. The number of benzene rings is 2. The summed E-state index contributed by atoms with van der Waals surface area (Å²) in [5, 5.41) is 0. The van der Waals surface area contributed by atoms with E-state index in [1.165, 1.54) is 36.4 Å². The standard InChI is InChI=1S/C22H21F3N2O2.ClH/c23-17-7-5-15(6-8-17)20(28)16-9-11-26(12-10-16)13-14-27-19-4-2-1-3-18(19)22(24,25)21(27)29;/h1-8,16H,9-14H2;1H. The Morgan fingerprint density at radius 1 is 1.00 bits per heavy atom. The largest absolute Gasteiger partial charge is 0.352 e. The molecular weight excluding hydrogens is 417 g/mol. The molecule has 0 aliphatic carbocycles. The van der Waals surface area contributed by atoms with Crippen LogP contribution in [-0.4, -0.2) is 42.8 Å². The molecule has 1 fully saturated rings. The molecule has 2 aromatic rings. The lowest BCUT2D eigenvalue weighted by Gasteiger charge is -2.32. The topological polar surface area (TPSA) is 40.6 Å². The number of fused-ring (bicyclic) bond motifs is 1. The van der Waals surface area contributed by atoms with E-state index in [0.717, 1.165) is 4.90 Å². The van der Waals surface area contributed by atoms with Gasteiger partial charge in [-0.3, -0.25) is 9.59 Å². The molecule has 0 saturated carbocycles. The molecule has 2 heterocycles. The number of hydrogen-bond donors (Lipinski definition) is 0. The van der Waals surface area contributed by atoms with Crippen LogP contribution in [0.2, 0.25) is 0 Å². The van der Waals surface area contributed by atoms with E-state index in [1.54, 1.807) is 12.1 Å². The van der Waals surface area contributed by atoms with Crippen molar-refractivity contribution < 1.29 is 22.8 Å². The summed E-state index contributed by atoms with van der Waals surface area (Å²) in [4.78, 5) is 28.0. The Balaban J connectivity index is 0.00000256. The first-order chi connectivity index (χ1) is 13.9. The summed E-state index contributed by atoms with van der Waals surface area (Å²) in [5.74, 6) is -5.16. The van der Waals surface area contributed by atoms with Crippen molar-refractivity contribution in [3.8, 4) is 0 Å². The van der Waals surface area contributed by atoms with Gasteiger partial charge in [0, 0.05) is 24.6 Å². The van der Waals surface area contributed by atoms with E-state index < -0.39 is 11.8 Å². The molecule has 160 valence electrons. The van der Waals surface area contributed by atoms with Crippen molar-refractivity contribution in [1.29, 1.82) is 0 Å². The van der Waals surface area contributed by atoms with Crippen molar-refractivity contribution in [3.05, 3.63) is 65.5 Å². The molecule has 2 aliphatic heterocycles. The number of anilines is 1. The molecule has 30 heavy (non-hydrogen) atoms. The van der Waals surface area contributed by atoms with Gasteiger partial charge in [-0.2, -0.15) is 8.78 Å². The number of piperidine rings is 1. The number of carbonyl (C=O) groups excluding carboxylic acids is 2. The smallest absolute Gasteiger partial charge is 0.305 e. The van der Waals surface area contributed by atoms with Crippen molar-refractivity contribution in [2.24, 2.45) is 5.92 Å². The molecule has 4 nitrogen and oxygen atoms in total. The van der Waals surface area contributed by atoms with Crippen LogP contribution in [0.15, 0.2) is 48.5 Å². The molecule has 0 radical (unpaired) electrons. The van der Waals surface area contributed by atoms with Crippen LogP contribution in [0.25, 0.3) is 0 Å². The highest BCUT2D eigenvalue weighted by atomic mass is 35.5. The van der Waals surface area contributed by atoms with Crippen molar-refractivity contribution in [3.63, 3.8) is 0 Å².